The van der Waals surface area contributed by atoms with Crippen molar-refractivity contribution >= 4 is 27.4 Å². The van der Waals surface area contributed by atoms with Gasteiger partial charge in [0.2, 0.25) is 0 Å². The molecule has 0 saturated carbocycles. The van der Waals surface area contributed by atoms with Gasteiger partial charge < -0.3 is 10.2 Å². The van der Waals surface area contributed by atoms with Gasteiger partial charge in [0, 0.05) is 29.0 Å². The van der Waals surface area contributed by atoms with E-state index < -0.39 is 9.92 Å². The highest BCUT2D eigenvalue weighted by Crippen LogP contribution is 2.26. The van der Waals surface area contributed by atoms with Crippen LogP contribution in [-0.4, -0.2) is 28.1 Å². The highest BCUT2D eigenvalue weighted by molar-refractivity contribution is 7.90. The van der Waals surface area contributed by atoms with Gasteiger partial charge in [-0.25, -0.2) is 8.99 Å². The van der Waals surface area contributed by atoms with Gasteiger partial charge in [-0.3, -0.25) is 9.52 Å². The fourth-order valence-electron chi connectivity index (χ4n) is 3.32. The van der Waals surface area contributed by atoms with Crippen LogP contribution in [0.2, 0.25) is 5.02 Å². The Morgan fingerprint density at radius 1 is 1.18 bits per heavy atom. The zero-order valence-corrected chi connectivity index (χ0v) is 16.5. The van der Waals surface area contributed by atoms with E-state index in [9.17, 15) is 9.00 Å². The molecule has 0 fully saturated rings. The fraction of sp³-hybridized carbons (Fsp3) is 0.150. The van der Waals surface area contributed by atoms with Crippen molar-refractivity contribution in [1.29, 1.82) is 4.78 Å². The van der Waals surface area contributed by atoms with Gasteiger partial charge in [0.15, 0.2) is 9.92 Å². The third kappa shape index (κ3) is 3.63. The number of carbonyl (C=O) groups is 1. The van der Waals surface area contributed by atoms with Crippen LogP contribution in [0, 0.1) is 4.78 Å². The van der Waals surface area contributed by atoms with Crippen molar-refractivity contribution in [3.63, 3.8) is 0 Å². The molecule has 0 bridgehead atoms. The van der Waals surface area contributed by atoms with Crippen LogP contribution in [0.15, 0.2) is 77.1 Å². The van der Waals surface area contributed by atoms with Gasteiger partial charge in [-0.2, -0.15) is 0 Å². The summed E-state index contributed by atoms with van der Waals surface area (Å²) in [5.74, 6) is -0.0990. The van der Waals surface area contributed by atoms with E-state index in [-0.39, 0.29) is 5.91 Å². The summed E-state index contributed by atoms with van der Waals surface area (Å²) in [5.41, 5.74) is 2.84. The summed E-state index contributed by atoms with van der Waals surface area (Å²) in [6, 6.07) is 13.9. The summed E-state index contributed by atoms with van der Waals surface area (Å²) in [4.78, 5) is 15.0. The fourth-order valence-corrected chi connectivity index (χ4v) is 4.67. The predicted molar refractivity (Wildman–Crippen MR) is 109 cm³/mol. The molecule has 8 heteroatoms. The minimum Gasteiger partial charge on any atom is -0.384 e. The summed E-state index contributed by atoms with van der Waals surface area (Å²) in [5, 5.41) is 3.71. The second-order valence-electron chi connectivity index (χ2n) is 6.60. The molecule has 3 N–H and O–H groups in total. The zero-order valence-electron chi connectivity index (χ0n) is 14.9. The van der Waals surface area contributed by atoms with Crippen molar-refractivity contribution in [1.82, 2.24) is 14.9 Å². The standard InChI is InChI=1S/C20H19ClN4O2S/c21-15-6-7-19-14(10-15)8-9-25(20(19)26)17-11-16(12-23-13-17)24-28(22,27)18-4-2-1-3-5-18/h1-7,10-11,13,23H,8-9,12H2,(H2,22,24,27). The molecule has 2 aliphatic heterocycles. The number of hydrogen-bond acceptors (Lipinski definition) is 4. The van der Waals surface area contributed by atoms with Gasteiger partial charge in [0.1, 0.15) is 0 Å². The van der Waals surface area contributed by atoms with E-state index in [0.29, 0.717) is 46.4 Å². The molecule has 2 aromatic carbocycles. The second-order valence-corrected chi connectivity index (χ2v) is 8.82. The number of amides is 1. The Hall–Kier alpha value is -2.77. The zero-order chi connectivity index (χ0) is 19.7. The molecule has 2 aromatic rings. The number of nitrogens with one attached hydrogen (secondary N) is 3. The molecule has 28 heavy (non-hydrogen) atoms. The number of nitrogens with zero attached hydrogens (tertiary/aromatic N) is 1. The highest BCUT2D eigenvalue weighted by Gasteiger charge is 2.27. The van der Waals surface area contributed by atoms with Gasteiger partial charge in [-0.05, 0) is 48.4 Å². The molecule has 0 aliphatic carbocycles. The molecular weight excluding hydrogens is 396 g/mol. The van der Waals surface area contributed by atoms with Crippen LogP contribution < -0.4 is 10.0 Å². The maximum atomic E-state index is 12.9. The van der Waals surface area contributed by atoms with E-state index >= 15 is 0 Å². The summed E-state index contributed by atoms with van der Waals surface area (Å²) in [6.45, 7) is 0.929. The Morgan fingerprint density at radius 3 is 2.75 bits per heavy atom. The molecule has 0 spiro atoms. The van der Waals surface area contributed by atoms with Gasteiger partial charge in [0.05, 0.1) is 17.1 Å². The molecule has 2 aliphatic rings. The molecule has 1 atom stereocenters. The summed E-state index contributed by atoms with van der Waals surface area (Å²) in [7, 11) is -3.18. The Morgan fingerprint density at radius 2 is 1.96 bits per heavy atom. The maximum Gasteiger partial charge on any atom is 0.258 e. The lowest BCUT2D eigenvalue weighted by Gasteiger charge is -2.31. The van der Waals surface area contributed by atoms with E-state index in [2.05, 4.69) is 10.0 Å². The predicted octanol–water partition coefficient (Wildman–Crippen LogP) is 3.28. The number of carbonyl (C=O) groups excluding carboxylic acids is 1. The van der Waals surface area contributed by atoms with Gasteiger partial charge in [-0.1, -0.05) is 29.8 Å². The third-order valence-corrected chi connectivity index (χ3v) is 6.39. The van der Waals surface area contributed by atoms with Gasteiger partial charge in [0.25, 0.3) is 5.91 Å². The van der Waals surface area contributed by atoms with Crippen molar-refractivity contribution in [3.8, 4) is 0 Å². The number of hydrogen-bond donors (Lipinski definition) is 3. The molecular formula is C20H19ClN4O2S. The van der Waals surface area contributed by atoms with E-state index in [1.807, 2.05) is 12.1 Å². The van der Waals surface area contributed by atoms with Crippen molar-refractivity contribution in [2.24, 2.45) is 0 Å². The molecule has 1 unspecified atom stereocenters. The van der Waals surface area contributed by atoms with Crippen LogP contribution in [0.5, 0.6) is 0 Å². The first-order valence-electron chi connectivity index (χ1n) is 8.80. The minimum absolute atomic E-state index is 0.0990. The van der Waals surface area contributed by atoms with Crippen molar-refractivity contribution in [2.45, 2.75) is 11.3 Å². The van der Waals surface area contributed by atoms with E-state index in [1.54, 1.807) is 53.6 Å². The molecule has 144 valence electrons. The van der Waals surface area contributed by atoms with Crippen molar-refractivity contribution in [2.75, 3.05) is 13.1 Å². The van der Waals surface area contributed by atoms with E-state index in [0.717, 1.165) is 5.56 Å². The Balaban J connectivity index is 1.57. The lowest BCUT2D eigenvalue weighted by Crippen LogP contribution is -2.39. The van der Waals surface area contributed by atoms with Crippen LogP contribution in [0.4, 0.5) is 0 Å². The number of benzene rings is 2. The molecule has 2 heterocycles. The summed E-state index contributed by atoms with van der Waals surface area (Å²) >= 11 is 6.03. The maximum absolute atomic E-state index is 12.9. The Kier molecular flexibility index (Phi) is 4.87. The average molecular weight is 415 g/mol. The van der Waals surface area contributed by atoms with Crippen molar-refractivity contribution in [3.05, 3.63) is 88.4 Å². The summed E-state index contributed by atoms with van der Waals surface area (Å²) in [6.07, 6.45) is 4.24. The van der Waals surface area contributed by atoms with E-state index in [4.69, 9.17) is 16.4 Å². The van der Waals surface area contributed by atoms with Crippen LogP contribution in [0.3, 0.4) is 0 Å². The Bertz CT molecular complexity index is 1090. The van der Waals surface area contributed by atoms with Crippen molar-refractivity contribution < 1.29 is 9.00 Å². The first-order valence-corrected chi connectivity index (χ1v) is 10.7. The monoisotopic (exact) mass is 414 g/mol. The van der Waals surface area contributed by atoms with Crippen LogP contribution in [-0.2, 0) is 16.3 Å². The van der Waals surface area contributed by atoms with E-state index in [1.165, 1.54) is 0 Å². The SMILES string of the molecule is N=S(=O)(NC1=CC(N2CCc3cc(Cl)ccc3C2=O)=CNC1)c1ccccc1. The largest absolute Gasteiger partial charge is 0.384 e. The Labute approximate surface area is 169 Å². The molecule has 0 saturated heterocycles. The second kappa shape index (κ2) is 7.33. The topological polar surface area (TPSA) is 85.3 Å². The first-order chi connectivity index (χ1) is 13.4. The lowest BCUT2D eigenvalue weighted by atomic mass is 9.98. The summed E-state index contributed by atoms with van der Waals surface area (Å²) < 4.78 is 23.8. The highest BCUT2D eigenvalue weighted by atomic mass is 35.5. The van der Waals surface area contributed by atoms with Gasteiger partial charge in [-0.15, -0.1) is 0 Å². The normalized spacial score (nSPS) is 18.3. The number of rotatable bonds is 4. The van der Waals surface area contributed by atoms with Crippen LogP contribution >= 0.6 is 11.6 Å². The number of halogens is 1. The molecule has 6 nitrogen and oxygen atoms in total. The smallest absolute Gasteiger partial charge is 0.258 e. The molecule has 4 rings (SSSR count). The first kappa shape index (κ1) is 18.6. The quantitative estimate of drug-likeness (QED) is 0.717. The number of allylic oxidation sites excluding steroid dienone is 1. The molecule has 0 aromatic heterocycles. The lowest BCUT2D eigenvalue weighted by molar-refractivity contribution is 0.0796. The number of dihydropyridines is 1. The third-order valence-electron chi connectivity index (χ3n) is 4.67. The molecule has 0 radical (unpaired) electrons. The average Bonchev–Trinajstić information content (AvgIpc) is 2.69. The van der Waals surface area contributed by atoms with Crippen LogP contribution in [0.25, 0.3) is 0 Å². The minimum atomic E-state index is -3.18. The van der Waals surface area contributed by atoms with Crippen LogP contribution in [0.1, 0.15) is 15.9 Å². The van der Waals surface area contributed by atoms with Gasteiger partial charge >= 0.3 is 0 Å². The number of fused-ring (bicyclic) bond motifs is 1. The molecule has 1 amide bonds.